The lowest BCUT2D eigenvalue weighted by molar-refractivity contribution is 0.223. The average Bonchev–Trinajstić information content (AvgIpc) is 2.73. The van der Waals surface area contributed by atoms with E-state index in [4.69, 9.17) is 11.6 Å². The Balaban J connectivity index is 1.74. The molecule has 4 nitrogen and oxygen atoms in total. The first kappa shape index (κ1) is 14.7. The van der Waals surface area contributed by atoms with Crippen molar-refractivity contribution in [2.75, 3.05) is 19.6 Å². The summed E-state index contributed by atoms with van der Waals surface area (Å²) in [7, 11) is 1.81. The fourth-order valence-electron chi connectivity index (χ4n) is 3.23. The Morgan fingerprint density at radius 3 is 2.62 bits per heavy atom. The number of likely N-dealkylation sites (tertiary alicyclic amines) is 1. The van der Waals surface area contributed by atoms with Gasteiger partial charge >= 0.3 is 5.69 Å². The van der Waals surface area contributed by atoms with E-state index in [1.807, 2.05) is 29.8 Å². The van der Waals surface area contributed by atoms with E-state index < -0.39 is 0 Å². The van der Waals surface area contributed by atoms with Gasteiger partial charge in [-0.2, -0.15) is 0 Å². The minimum atomic E-state index is 0.0471. The molecular formula is C16H22ClN3O. The van der Waals surface area contributed by atoms with Crippen LogP contribution in [0.3, 0.4) is 0 Å². The molecule has 1 aliphatic heterocycles. The zero-order valence-electron chi connectivity index (χ0n) is 12.5. The summed E-state index contributed by atoms with van der Waals surface area (Å²) >= 11 is 6.03. The molecule has 2 heterocycles. The number of hydrogen-bond donors (Lipinski definition) is 0. The Morgan fingerprint density at radius 2 is 1.86 bits per heavy atom. The lowest BCUT2D eigenvalue weighted by Crippen LogP contribution is -2.32. The lowest BCUT2D eigenvalue weighted by atomic mass is 10.1. The summed E-state index contributed by atoms with van der Waals surface area (Å²) in [6, 6.07) is 5.66. The standard InChI is InChI=1S/C16H22ClN3O/c1-18-15-12-13(17)6-7-14(15)20(16(18)21)11-5-10-19-8-3-2-4-9-19/h6-7,12H,2-5,8-11H2,1H3. The number of fused-ring (bicyclic) bond motifs is 1. The van der Waals surface area contributed by atoms with Crippen LogP contribution >= 0.6 is 11.6 Å². The predicted octanol–water partition coefficient (Wildman–Crippen LogP) is 2.87. The highest BCUT2D eigenvalue weighted by atomic mass is 35.5. The number of aromatic nitrogens is 2. The third-order valence-corrected chi connectivity index (χ3v) is 4.65. The Morgan fingerprint density at radius 1 is 1.10 bits per heavy atom. The van der Waals surface area contributed by atoms with E-state index in [9.17, 15) is 4.79 Å². The number of halogens is 1. The molecule has 0 spiro atoms. The van der Waals surface area contributed by atoms with Crippen molar-refractivity contribution in [1.82, 2.24) is 14.0 Å². The smallest absolute Gasteiger partial charge is 0.303 e. The quantitative estimate of drug-likeness (QED) is 0.869. The van der Waals surface area contributed by atoms with Crippen molar-refractivity contribution < 1.29 is 0 Å². The molecule has 3 rings (SSSR count). The van der Waals surface area contributed by atoms with Crippen molar-refractivity contribution in [3.05, 3.63) is 33.7 Å². The van der Waals surface area contributed by atoms with Crippen molar-refractivity contribution in [3.63, 3.8) is 0 Å². The molecule has 1 aromatic heterocycles. The Bertz CT molecular complexity index is 683. The van der Waals surface area contributed by atoms with Crippen molar-refractivity contribution in [1.29, 1.82) is 0 Å². The van der Waals surface area contributed by atoms with Crippen LogP contribution in [0.1, 0.15) is 25.7 Å². The summed E-state index contributed by atoms with van der Waals surface area (Å²) in [5.41, 5.74) is 1.93. The van der Waals surface area contributed by atoms with Gasteiger partial charge in [-0.3, -0.25) is 9.13 Å². The van der Waals surface area contributed by atoms with Gasteiger partial charge in [0.25, 0.3) is 0 Å². The number of nitrogens with zero attached hydrogens (tertiary/aromatic N) is 3. The molecule has 1 fully saturated rings. The van der Waals surface area contributed by atoms with Crippen LogP contribution in [0.15, 0.2) is 23.0 Å². The van der Waals surface area contributed by atoms with Crippen molar-refractivity contribution >= 4 is 22.6 Å². The molecule has 5 heteroatoms. The molecule has 1 aromatic carbocycles. The third-order valence-electron chi connectivity index (χ3n) is 4.41. The molecule has 1 aliphatic rings. The van der Waals surface area contributed by atoms with Gasteiger partial charge in [-0.05, 0) is 57.1 Å². The van der Waals surface area contributed by atoms with Gasteiger partial charge in [0.1, 0.15) is 0 Å². The monoisotopic (exact) mass is 307 g/mol. The molecule has 0 amide bonds. The van der Waals surface area contributed by atoms with Crippen LogP contribution in [0, 0.1) is 0 Å². The fraction of sp³-hybridized carbons (Fsp3) is 0.562. The second-order valence-corrected chi connectivity index (χ2v) is 6.32. The van der Waals surface area contributed by atoms with Crippen LogP contribution in [-0.4, -0.2) is 33.7 Å². The Labute approximate surface area is 129 Å². The van der Waals surface area contributed by atoms with E-state index >= 15 is 0 Å². The average molecular weight is 308 g/mol. The lowest BCUT2D eigenvalue weighted by Gasteiger charge is -2.26. The molecule has 2 aromatic rings. The van der Waals surface area contributed by atoms with Gasteiger partial charge in [0.15, 0.2) is 0 Å². The van der Waals surface area contributed by atoms with E-state index in [-0.39, 0.29) is 5.69 Å². The Hall–Kier alpha value is -1.26. The zero-order chi connectivity index (χ0) is 14.8. The maximum Gasteiger partial charge on any atom is 0.328 e. The summed E-state index contributed by atoms with van der Waals surface area (Å²) in [6.45, 7) is 4.27. The summed E-state index contributed by atoms with van der Waals surface area (Å²) < 4.78 is 3.55. The zero-order valence-corrected chi connectivity index (χ0v) is 13.3. The van der Waals surface area contributed by atoms with Gasteiger partial charge in [-0.15, -0.1) is 0 Å². The van der Waals surface area contributed by atoms with Crippen molar-refractivity contribution in [2.45, 2.75) is 32.2 Å². The minimum Gasteiger partial charge on any atom is -0.303 e. The molecular weight excluding hydrogens is 286 g/mol. The van der Waals surface area contributed by atoms with Crippen LogP contribution in [0.5, 0.6) is 0 Å². The molecule has 0 unspecified atom stereocenters. The summed E-state index contributed by atoms with van der Waals surface area (Å²) in [5, 5.41) is 0.670. The van der Waals surface area contributed by atoms with Crippen LogP contribution in [0.2, 0.25) is 5.02 Å². The molecule has 0 saturated carbocycles. The van der Waals surface area contributed by atoms with Gasteiger partial charge in [-0.25, -0.2) is 4.79 Å². The molecule has 0 radical (unpaired) electrons. The molecule has 114 valence electrons. The van der Waals surface area contributed by atoms with E-state index in [2.05, 4.69) is 4.90 Å². The first-order valence-electron chi connectivity index (χ1n) is 7.74. The van der Waals surface area contributed by atoms with Crippen LogP contribution < -0.4 is 5.69 Å². The largest absolute Gasteiger partial charge is 0.328 e. The highest BCUT2D eigenvalue weighted by Crippen LogP contribution is 2.18. The number of benzene rings is 1. The SMILES string of the molecule is Cn1c(=O)n(CCCN2CCCCC2)c2ccc(Cl)cc21. The number of hydrogen-bond acceptors (Lipinski definition) is 2. The van der Waals surface area contributed by atoms with Crippen LogP contribution in [-0.2, 0) is 13.6 Å². The first-order valence-corrected chi connectivity index (χ1v) is 8.12. The van der Waals surface area contributed by atoms with Crippen LogP contribution in [0.4, 0.5) is 0 Å². The maximum atomic E-state index is 12.4. The van der Waals surface area contributed by atoms with Gasteiger partial charge < -0.3 is 4.90 Å². The topological polar surface area (TPSA) is 30.2 Å². The van der Waals surface area contributed by atoms with Gasteiger partial charge in [-0.1, -0.05) is 18.0 Å². The minimum absolute atomic E-state index is 0.0471. The number of aryl methyl sites for hydroxylation is 2. The molecule has 0 atom stereocenters. The number of rotatable bonds is 4. The summed E-state index contributed by atoms with van der Waals surface area (Å²) in [4.78, 5) is 14.9. The van der Waals surface area contributed by atoms with Gasteiger partial charge in [0.05, 0.1) is 11.0 Å². The third kappa shape index (κ3) is 3.01. The molecule has 21 heavy (non-hydrogen) atoms. The van der Waals surface area contributed by atoms with Crippen molar-refractivity contribution in [3.8, 4) is 0 Å². The first-order chi connectivity index (χ1) is 10.2. The summed E-state index contributed by atoms with van der Waals surface area (Å²) in [5.74, 6) is 0. The summed E-state index contributed by atoms with van der Waals surface area (Å²) in [6.07, 6.45) is 5.00. The maximum absolute atomic E-state index is 12.4. The molecule has 0 N–H and O–H groups in total. The second-order valence-electron chi connectivity index (χ2n) is 5.88. The number of piperidine rings is 1. The van der Waals surface area contributed by atoms with E-state index in [0.29, 0.717) is 5.02 Å². The predicted molar refractivity (Wildman–Crippen MR) is 87.1 cm³/mol. The highest BCUT2D eigenvalue weighted by Gasteiger charge is 2.12. The Kier molecular flexibility index (Phi) is 4.36. The highest BCUT2D eigenvalue weighted by molar-refractivity contribution is 6.31. The van der Waals surface area contributed by atoms with E-state index in [1.165, 1.54) is 32.4 Å². The normalized spacial score (nSPS) is 16.7. The van der Waals surface area contributed by atoms with Crippen LogP contribution in [0.25, 0.3) is 11.0 Å². The van der Waals surface area contributed by atoms with E-state index in [0.717, 1.165) is 30.5 Å². The van der Waals surface area contributed by atoms with Gasteiger partial charge in [0.2, 0.25) is 0 Å². The molecule has 0 bridgehead atoms. The molecule has 1 saturated heterocycles. The van der Waals surface area contributed by atoms with Crippen molar-refractivity contribution in [2.24, 2.45) is 7.05 Å². The van der Waals surface area contributed by atoms with E-state index in [1.54, 1.807) is 4.57 Å². The van der Waals surface area contributed by atoms with Gasteiger partial charge in [0, 0.05) is 18.6 Å². The fourth-order valence-corrected chi connectivity index (χ4v) is 3.40. The second kappa shape index (κ2) is 6.24. The molecule has 0 aliphatic carbocycles. The number of imidazole rings is 1.